The van der Waals surface area contributed by atoms with Crippen LogP contribution in [0.4, 0.5) is 0 Å². The van der Waals surface area contributed by atoms with Crippen molar-refractivity contribution in [3.8, 4) is 5.75 Å². The summed E-state index contributed by atoms with van der Waals surface area (Å²) in [6.07, 6.45) is -0.0574. The highest BCUT2D eigenvalue weighted by atomic mass is 16.6. The monoisotopic (exact) mass is 363 g/mol. The number of imidazole rings is 1. The van der Waals surface area contributed by atoms with Crippen molar-refractivity contribution in [1.82, 2.24) is 9.13 Å². The number of oxime groups is 1. The van der Waals surface area contributed by atoms with Crippen molar-refractivity contribution in [3.63, 3.8) is 0 Å². The Hall–Kier alpha value is -3.02. The van der Waals surface area contributed by atoms with Gasteiger partial charge in [-0.15, -0.1) is 0 Å². The fraction of sp³-hybridized carbons (Fsp3) is 0.333. The topological polar surface area (TPSA) is 57.8 Å². The lowest BCUT2D eigenvalue weighted by Crippen LogP contribution is -2.33. The largest absolute Gasteiger partial charge is 0.488 e. The van der Waals surface area contributed by atoms with E-state index in [4.69, 9.17) is 9.57 Å². The molecule has 1 aromatic heterocycles. The van der Waals surface area contributed by atoms with Crippen LogP contribution in [0.25, 0.3) is 11.0 Å². The highest BCUT2D eigenvalue weighted by molar-refractivity contribution is 5.94. The number of benzene rings is 2. The number of hydrogen-bond donors (Lipinski definition) is 0. The molecule has 5 rings (SSSR count). The van der Waals surface area contributed by atoms with Crippen LogP contribution < -0.4 is 10.4 Å². The van der Waals surface area contributed by atoms with Crippen LogP contribution in [0, 0.1) is 0 Å². The standard InChI is InChI=1S/C21H21N3O3/c1-12-18(13(2)27-22-12)15-9-10-16-19-20(15)26-11-17(14-7-5-4-6-8-14)24(19)21(25)23(16)3/h4-10,13,17-18H,11H2,1-3H3. The first-order valence-corrected chi connectivity index (χ1v) is 9.19. The molecule has 0 saturated carbocycles. The Balaban J connectivity index is 1.78. The summed E-state index contributed by atoms with van der Waals surface area (Å²) in [5.41, 5.74) is 4.73. The van der Waals surface area contributed by atoms with E-state index < -0.39 is 0 Å². The first-order valence-electron chi connectivity index (χ1n) is 9.19. The van der Waals surface area contributed by atoms with E-state index in [1.54, 1.807) is 4.57 Å². The summed E-state index contributed by atoms with van der Waals surface area (Å²) >= 11 is 0. The van der Waals surface area contributed by atoms with Crippen molar-refractivity contribution in [2.24, 2.45) is 12.2 Å². The summed E-state index contributed by atoms with van der Waals surface area (Å²) in [5, 5.41) is 4.14. The Bertz CT molecular complexity index is 1130. The van der Waals surface area contributed by atoms with Gasteiger partial charge in [-0.2, -0.15) is 0 Å². The molecule has 2 aromatic carbocycles. The second-order valence-corrected chi connectivity index (χ2v) is 7.32. The van der Waals surface area contributed by atoms with Gasteiger partial charge in [0.2, 0.25) is 0 Å². The van der Waals surface area contributed by atoms with Gasteiger partial charge < -0.3 is 9.57 Å². The Morgan fingerprint density at radius 3 is 2.63 bits per heavy atom. The molecular weight excluding hydrogens is 342 g/mol. The number of nitrogens with zero attached hydrogens (tertiary/aromatic N) is 3. The van der Waals surface area contributed by atoms with E-state index in [-0.39, 0.29) is 23.8 Å². The van der Waals surface area contributed by atoms with E-state index in [0.717, 1.165) is 33.6 Å². The molecule has 3 unspecified atom stereocenters. The van der Waals surface area contributed by atoms with Crippen LogP contribution in [0.2, 0.25) is 0 Å². The molecule has 0 N–H and O–H groups in total. The number of ether oxygens (including phenoxy) is 1. The quantitative estimate of drug-likeness (QED) is 0.703. The van der Waals surface area contributed by atoms with Crippen molar-refractivity contribution in [2.75, 3.05) is 6.61 Å². The molecule has 3 aromatic rings. The van der Waals surface area contributed by atoms with E-state index in [9.17, 15) is 4.79 Å². The van der Waals surface area contributed by atoms with E-state index >= 15 is 0 Å². The summed E-state index contributed by atoms with van der Waals surface area (Å²) in [6, 6.07) is 13.9. The van der Waals surface area contributed by atoms with Crippen molar-refractivity contribution in [2.45, 2.75) is 31.9 Å². The molecule has 0 fully saturated rings. The minimum absolute atomic E-state index is 0.0262. The van der Waals surface area contributed by atoms with Crippen LogP contribution in [0.5, 0.6) is 5.75 Å². The number of aromatic nitrogens is 2. The van der Waals surface area contributed by atoms with Crippen LogP contribution in [0.15, 0.2) is 52.4 Å². The van der Waals surface area contributed by atoms with Gasteiger partial charge in [-0.1, -0.05) is 41.6 Å². The lowest BCUT2D eigenvalue weighted by molar-refractivity contribution is 0.0897. The van der Waals surface area contributed by atoms with E-state index in [1.807, 2.05) is 67.9 Å². The Morgan fingerprint density at radius 1 is 1.15 bits per heavy atom. The van der Waals surface area contributed by atoms with Gasteiger partial charge >= 0.3 is 5.69 Å². The summed E-state index contributed by atoms with van der Waals surface area (Å²) in [4.78, 5) is 18.5. The van der Waals surface area contributed by atoms with Gasteiger partial charge in [0, 0.05) is 12.6 Å². The normalized spacial score (nSPS) is 23.8. The fourth-order valence-electron chi connectivity index (χ4n) is 4.38. The van der Waals surface area contributed by atoms with Crippen LogP contribution in [-0.2, 0) is 11.9 Å². The molecule has 3 heterocycles. The number of hydrogen-bond acceptors (Lipinski definition) is 4. The zero-order chi connectivity index (χ0) is 18.7. The fourth-order valence-corrected chi connectivity index (χ4v) is 4.38. The van der Waals surface area contributed by atoms with Crippen molar-refractivity contribution >= 4 is 16.7 Å². The molecule has 0 saturated heterocycles. The van der Waals surface area contributed by atoms with E-state index in [1.165, 1.54) is 0 Å². The molecule has 0 spiro atoms. The lowest BCUT2D eigenvalue weighted by Gasteiger charge is -2.28. The Labute approximate surface area is 156 Å². The maximum absolute atomic E-state index is 13.1. The van der Waals surface area contributed by atoms with Gasteiger partial charge in [0.05, 0.1) is 23.2 Å². The van der Waals surface area contributed by atoms with E-state index in [0.29, 0.717) is 6.61 Å². The molecule has 0 bridgehead atoms. The van der Waals surface area contributed by atoms with Crippen molar-refractivity contribution in [1.29, 1.82) is 0 Å². The maximum atomic E-state index is 13.1. The highest BCUT2D eigenvalue weighted by Crippen LogP contribution is 2.42. The SMILES string of the molecule is CC1=NOC(C)C1c1ccc2c3c1OCC(c1ccccc1)n3c(=O)n2C. The molecule has 0 aliphatic carbocycles. The van der Waals surface area contributed by atoms with Gasteiger partial charge in [-0.05, 0) is 25.5 Å². The molecule has 138 valence electrons. The molecular formula is C21H21N3O3. The molecule has 3 atom stereocenters. The summed E-state index contributed by atoms with van der Waals surface area (Å²) < 4.78 is 9.86. The average molecular weight is 363 g/mol. The van der Waals surface area contributed by atoms with Gasteiger partial charge in [-0.25, -0.2) is 4.79 Å². The van der Waals surface area contributed by atoms with Crippen LogP contribution in [-0.4, -0.2) is 27.6 Å². The number of aryl methyl sites for hydroxylation is 1. The zero-order valence-corrected chi connectivity index (χ0v) is 15.5. The lowest BCUT2D eigenvalue weighted by atomic mass is 9.89. The van der Waals surface area contributed by atoms with Gasteiger partial charge in [0.15, 0.2) is 0 Å². The highest BCUT2D eigenvalue weighted by Gasteiger charge is 2.36. The molecule has 0 amide bonds. The smallest absolute Gasteiger partial charge is 0.329 e. The maximum Gasteiger partial charge on any atom is 0.329 e. The first-order chi connectivity index (χ1) is 13.1. The third-order valence-corrected chi connectivity index (χ3v) is 5.74. The molecule has 0 radical (unpaired) electrons. The minimum Gasteiger partial charge on any atom is -0.488 e. The van der Waals surface area contributed by atoms with Crippen molar-refractivity contribution in [3.05, 3.63) is 64.1 Å². The van der Waals surface area contributed by atoms with Crippen molar-refractivity contribution < 1.29 is 9.57 Å². The molecule has 6 nitrogen and oxygen atoms in total. The molecule has 2 aliphatic heterocycles. The predicted molar refractivity (Wildman–Crippen MR) is 104 cm³/mol. The van der Waals surface area contributed by atoms with Gasteiger partial charge in [-0.3, -0.25) is 9.13 Å². The van der Waals surface area contributed by atoms with Crippen LogP contribution >= 0.6 is 0 Å². The second kappa shape index (κ2) is 5.74. The predicted octanol–water partition coefficient (Wildman–Crippen LogP) is 3.20. The molecule has 27 heavy (non-hydrogen) atoms. The van der Waals surface area contributed by atoms with Crippen LogP contribution in [0.1, 0.15) is 36.9 Å². The second-order valence-electron chi connectivity index (χ2n) is 7.32. The first kappa shape index (κ1) is 16.2. The minimum atomic E-state index is -0.142. The molecule has 6 heteroatoms. The summed E-state index contributed by atoms with van der Waals surface area (Å²) in [7, 11) is 1.81. The van der Waals surface area contributed by atoms with E-state index in [2.05, 4.69) is 5.16 Å². The van der Waals surface area contributed by atoms with Gasteiger partial charge in [0.25, 0.3) is 0 Å². The third-order valence-electron chi connectivity index (χ3n) is 5.74. The summed E-state index contributed by atoms with van der Waals surface area (Å²) in [5.74, 6) is 0.802. The molecule has 2 aliphatic rings. The average Bonchev–Trinajstić information content (AvgIpc) is 3.16. The Kier molecular flexibility index (Phi) is 3.44. The number of rotatable bonds is 2. The summed E-state index contributed by atoms with van der Waals surface area (Å²) in [6.45, 7) is 4.40. The van der Waals surface area contributed by atoms with Gasteiger partial charge in [0.1, 0.15) is 24.0 Å². The van der Waals surface area contributed by atoms with Crippen LogP contribution in [0.3, 0.4) is 0 Å². The Morgan fingerprint density at radius 2 is 1.93 bits per heavy atom. The third kappa shape index (κ3) is 2.19. The zero-order valence-electron chi connectivity index (χ0n) is 15.5.